The number of benzene rings is 2. The Bertz CT molecular complexity index is 668. The first-order valence-corrected chi connectivity index (χ1v) is 8.73. The average molecular weight is 329 g/mol. The van der Waals surface area contributed by atoms with Crippen LogP contribution in [0.2, 0.25) is 0 Å². The van der Waals surface area contributed by atoms with Gasteiger partial charge < -0.3 is 10.4 Å². The van der Waals surface area contributed by atoms with Crippen molar-refractivity contribution in [3.8, 4) is 0 Å². The highest BCUT2D eigenvalue weighted by molar-refractivity contribution is 7.99. The average Bonchev–Trinajstić information content (AvgIpc) is 2.56. The van der Waals surface area contributed by atoms with E-state index in [2.05, 4.69) is 5.32 Å². The van der Waals surface area contributed by atoms with Crippen LogP contribution in [-0.4, -0.2) is 16.3 Å². The lowest BCUT2D eigenvalue weighted by Gasteiger charge is -2.14. The van der Waals surface area contributed by atoms with E-state index in [1.165, 1.54) is 0 Å². The largest absolute Gasteiger partial charge is 0.392 e. The van der Waals surface area contributed by atoms with Crippen LogP contribution in [0.3, 0.4) is 0 Å². The maximum atomic E-state index is 12.3. The smallest absolute Gasteiger partial charge is 0.237 e. The van der Waals surface area contributed by atoms with Crippen LogP contribution in [0.25, 0.3) is 0 Å². The Morgan fingerprint density at radius 3 is 2.43 bits per heavy atom. The molecule has 2 rings (SSSR count). The topological polar surface area (TPSA) is 49.3 Å². The molecule has 0 aliphatic heterocycles. The van der Waals surface area contributed by atoms with Crippen molar-refractivity contribution in [3.05, 3.63) is 64.7 Å². The van der Waals surface area contributed by atoms with Crippen LogP contribution in [0.1, 0.15) is 29.2 Å². The number of rotatable bonds is 6. The van der Waals surface area contributed by atoms with Crippen molar-refractivity contribution in [2.45, 2.75) is 38.4 Å². The summed E-state index contributed by atoms with van der Waals surface area (Å²) in [5.41, 5.74) is 5.14. The molecule has 0 bridgehead atoms. The van der Waals surface area contributed by atoms with Crippen LogP contribution < -0.4 is 5.32 Å². The lowest BCUT2D eigenvalue weighted by atomic mass is 10.1. The van der Waals surface area contributed by atoms with E-state index in [0.717, 1.165) is 33.7 Å². The molecule has 23 heavy (non-hydrogen) atoms. The number of carbonyl (C=O) groups excluding carboxylic acids is 1. The Labute approximate surface area is 142 Å². The molecule has 1 atom stereocenters. The third kappa shape index (κ3) is 5.12. The van der Waals surface area contributed by atoms with E-state index in [0.29, 0.717) is 0 Å². The molecule has 2 aromatic rings. The molecule has 0 aromatic heterocycles. The number of anilines is 1. The first-order chi connectivity index (χ1) is 11.0. The zero-order valence-electron chi connectivity index (χ0n) is 13.8. The molecule has 122 valence electrons. The molecular weight excluding hydrogens is 306 g/mol. The van der Waals surface area contributed by atoms with Gasteiger partial charge in [0.05, 0.1) is 11.9 Å². The van der Waals surface area contributed by atoms with Crippen molar-refractivity contribution in [3.63, 3.8) is 0 Å². The summed E-state index contributed by atoms with van der Waals surface area (Å²) < 4.78 is 0. The van der Waals surface area contributed by atoms with Crippen molar-refractivity contribution in [2.75, 3.05) is 5.32 Å². The second kappa shape index (κ2) is 8.18. The standard InChI is InChI=1S/C19H23NO2S/c1-13-4-5-14(2)18(10-13)20-19(22)15(3)23-12-17-8-6-16(11-21)7-9-17/h4-10,15,21H,11-12H2,1-3H3,(H,20,22). The van der Waals surface area contributed by atoms with Gasteiger partial charge in [0.2, 0.25) is 5.91 Å². The fraction of sp³-hybridized carbons (Fsp3) is 0.316. The molecule has 0 radical (unpaired) electrons. The van der Waals surface area contributed by atoms with E-state index in [1.54, 1.807) is 11.8 Å². The summed E-state index contributed by atoms with van der Waals surface area (Å²) >= 11 is 1.61. The number of hydrogen-bond acceptors (Lipinski definition) is 3. The highest BCUT2D eigenvalue weighted by Crippen LogP contribution is 2.21. The molecule has 2 aromatic carbocycles. The minimum atomic E-state index is -0.132. The lowest BCUT2D eigenvalue weighted by molar-refractivity contribution is -0.115. The number of aliphatic hydroxyl groups excluding tert-OH is 1. The Kier molecular flexibility index (Phi) is 6.25. The van der Waals surface area contributed by atoms with Gasteiger partial charge in [-0.05, 0) is 49.1 Å². The van der Waals surface area contributed by atoms with Gasteiger partial charge in [-0.25, -0.2) is 0 Å². The number of thioether (sulfide) groups is 1. The van der Waals surface area contributed by atoms with Gasteiger partial charge in [0, 0.05) is 11.4 Å². The van der Waals surface area contributed by atoms with Crippen molar-refractivity contribution in [1.82, 2.24) is 0 Å². The van der Waals surface area contributed by atoms with Gasteiger partial charge >= 0.3 is 0 Å². The van der Waals surface area contributed by atoms with Gasteiger partial charge in [-0.3, -0.25) is 4.79 Å². The number of aryl methyl sites for hydroxylation is 2. The number of carbonyl (C=O) groups is 1. The minimum Gasteiger partial charge on any atom is -0.392 e. The highest BCUT2D eigenvalue weighted by Gasteiger charge is 2.14. The predicted octanol–water partition coefficient (Wildman–Crippen LogP) is 4.06. The summed E-state index contributed by atoms with van der Waals surface area (Å²) in [6.45, 7) is 5.99. The molecule has 1 unspecified atom stereocenters. The minimum absolute atomic E-state index is 0.0238. The summed E-state index contributed by atoms with van der Waals surface area (Å²) in [6.07, 6.45) is 0. The van der Waals surface area contributed by atoms with Crippen LogP contribution >= 0.6 is 11.8 Å². The van der Waals surface area contributed by atoms with Gasteiger partial charge in [-0.15, -0.1) is 11.8 Å². The number of nitrogens with one attached hydrogen (secondary N) is 1. The van der Waals surface area contributed by atoms with Gasteiger partial charge in [-0.2, -0.15) is 0 Å². The number of hydrogen-bond donors (Lipinski definition) is 2. The van der Waals surface area contributed by atoms with E-state index < -0.39 is 0 Å². The van der Waals surface area contributed by atoms with Gasteiger partial charge in [0.15, 0.2) is 0 Å². The zero-order valence-corrected chi connectivity index (χ0v) is 14.6. The molecule has 4 heteroatoms. The second-order valence-corrected chi connectivity index (χ2v) is 7.06. The summed E-state index contributed by atoms with van der Waals surface area (Å²) in [5, 5.41) is 11.9. The lowest BCUT2D eigenvalue weighted by Crippen LogP contribution is -2.23. The van der Waals surface area contributed by atoms with Gasteiger partial charge in [0.25, 0.3) is 0 Å². The number of amides is 1. The summed E-state index contributed by atoms with van der Waals surface area (Å²) in [7, 11) is 0. The van der Waals surface area contributed by atoms with Crippen LogP contribution in [0.15, 0.2) is 42.5 Å². The van der Waals surface area contributed by atoms with Crippen molar-refractivity contribution >= 4 is 23.4 Å². The summed E-state index contributed by atoms with van der Waals surface area (Å²) in [4.78, 5) is 12.3. The highest BCUT2D eigenvalue weighted by atomic mass is 32.2. The third-order valence-electron chi connectivity index (χ3n) is 3.73. The number of aliphatic hydroxyl groups is 1. The Morgan fingerprint density at radius 1 is 1.13 bits per heavy atom. The molecule has 0 fully saturated rings. The van der Waals surface area contributed by atoms with Crippen molar-refractivity contribution in [1.29, 1.82) is 0 Å². The van der Waals surface area contributed by atoms with Crippen LogP contribution in [0.5, 0.6) is 0 Å². The van der Waals surface area contributed by atoms with E-state index in [1.807, 2.05) is 63.2 Å². The van der Waals surface area contributed by atoms with Gasteiger partial charge in [0.1, 0.15) is 0 Å². The van der Waals surface area contributed by atoms with Crippen LogP contribution in [0.4, 0.5) is 5.69 Å². The van der Waals surface area contributed by atoms with E-state index in [4.69, 9.17) is 5.11 Å². The fourth-order valence-corrected chi connectivity index (χ4v) is 2.99. The third-order valence-corrected chi connectivity index (χ3v) is 4.94. The summed E-state index contributed by atoms with van der Waals surface area (Å²) in [5.74, 6) is 0.795. The molecular formula is C19H23NO2S. The van der Waals surface area contributed by atoms with E-state index >= 15 is 0 Å². The predicted molar refractivity (Wildman–Crippen MR) is 97.7 cm³/mol. The molecule has 1 amide bonds. The Hall–Kier alpha value is -1.78. The molecule has 0 spiro atoms. The van der Waals surface area contributed by atoms with Crippen LogP contribution in [0, 0.1) is 13.8 Å². The van der Waals surface area contributed by atoms with Crippen molar-refractivity contribution in [2.24, 2.45) is 0 Å². The molecule has 0 saturated carbocycles. The summed E-state index contributed by atoms with van der Waals surface area (Å²) in [6, 6.07) is 13.9. The van der Waals surface area contributed by atoms with E-state index in [9.17, 15) is 4.79 Å². The molecule has 0 saturated heterocycles. The normalized spacial score (nSPS) is 12.0. The molecule has 3 nitrogen and oxygen atoms in total. The van der Waals surface area contributed by atoms with Gasteiger partial charge in [-0.1, -0.05) is 36.4 Å². The maximum Gasteiger partial charge on any atom is 0.237 e. The molecule has 0 aliphatic rings. The van der Waals surface area contributed by atoms with Crippen molar-refractivity contribution < 1.29 is 9.90 Å². The maximum absolute atomic E-state index is 12.3. The quantitative estimate of drug-likeness (QED) is 0.840. The monoisotopic (exact) mass is 329 g/mol. The first kappa shape index (κ1) is 17.6. The SMILES string of the molecule is Cc1ccc(C)c(NC(=O)C(C)SCc2ccc(CO)cc2)c1. The fourth-order valence-electron chi connectivity index (χ4n) is 2.14. The molecule has 2 N–H and O–H groups in total. The Morgan fingerprint density at radius 2 is 1.78 bits per heavy atom. The second-order valence-electron chi connectivity index (χ2n) is 5.74. The van der Waals surface area contributed by atoms with E-state index in [-0.39, 0.29) is 17.8 Å². The Balaban J connectivity index is 1.90. The molecule has 0 heterocycles. The van der Waals surface area contributed by atoms with Crippen LogP contribution in [-0.2, 0) is 17.2 Å². The zero-order chi connectivity index (χ0) is 16.8. The molecule has 0 aliphatic carbocycles. The first-order valence-electron chi connectivity index (χ1n) is 7.68.